The minimum Gasteiger partial charge on any atom is -0.461 e. The molecule has 0 bridgehead atoms. The van der Waals surface area contributed by atoms with Gasteiger partial charge in [0.2, 0.25) is 0 Å². The van der Waals surface area contributed by atoms with Gasteiger partial charge in [-0.1, -0.05) is 18.2 Å². The third-order valence-electron chi connectivity index (χ3n) is 3.67. The molecule has 1 aromatic heterocycles. The quantitative estimate of drug-likeness (QED) is 0.721. The lowest BCUT2D eigenvalue weighted by Gasteiger charge is -2.35. The number of nitrogens with zero attached hydrogens (tertiary/aromatic N) is 1. The van der Waals surface area contributed by atoms with E-state index >= 15 is 0 Å². The van der Waals surface area contributed by atoms with Crippen LogP contribution in [0.25, 0.3) is 11.0 Å². The normalized spacial score (nSPS) is 18.0. The molecule has 1 fully saturated rings. The van der Waals surface area contributed by atoms with E-state index in [1.807, 2.05) is 25.1 Å². The number of aryl methyl sites for hydroxylation is 1. The predicted molar refractivity (Wildman–Crippen MR) is 62.1 cm³/mol. The Hall–Kier alpha value is -1.75. The van der Waals surface area contributed by atoms with Crippen LogP contribution in [0.5, 0.6) is 0 Å². The van der Waals surface area contributed by atoms with Crippen molar-refractivity contribution < 1.29 is 4.42 Å². The van der Waals surface area contributed by atoms with Crippen LogP contribution < -0.4 is 0 Å². The van der Waals surface area contributed by atoms with Crippen molar-refractivity contribution in [2.24, 2.45) is 0 Å². The number of nitriles is 1. The molecule has 80 valence electrons. The molecule has 0 N–H and O–H groups in total. The third-order valence-corrected chi connectivity index (χ3v) is 3.67. The average Bonchev–Trinajstić information content (AvgIpc) is 2.56. The zero-order valence-corrected chi connectivity index (χ0v) is 9.29. The van der Waals surface area contributed by atoms with E-state index in [0.717, 1.165) is 41.6 Å². The predicted octanol–water partition coefficient (Wildman–Crippen LogP) is 3.69. The van der Waals surface area contributed by atoms with Crippen LogP contribution in [-0.4, -0.2) is 0 Å². The van der Waals surface area contributed by atoms with Gasteiger partial charge in [0.1, 0.15) is 11.3 Å². The Morgan fingerprint density at radius 3 is 2.69 bits per heavy atom. The lowest BCUT2D eigenvalue weighted by atomic mass is 9.65. The van der Waals surface area contributed by atoms with E-state index in [1.54, 1.807) is 0 Å². The highest BCUT2D eigenvalue weighted by atomic mass is 16.3. The summed E-state index contributed by atoms with van der Waals surface area (Å²) in [5.74, 6) is 0.905. The van der Waals surface area contributed by atoms with Crippen LogP contribution in [0.4, 0.5) is 0 Å². The highest BCUT2D eigenvalue weighted by Crippen LogP contribution is 2.47. The third kappa shape index (κ3) is 1.06. The Morgan fingerprint density at radius 2 is 2.06 bits per heavy atom. The van der Waals surface area contributed by atoms with Crippen LogP contribution in [0, 0.1) is 18.3 Å². The summed E-state index contributed by atoms with van der Waals surface area (Å²) in [5.41, 5.74) is 1.74. The molecule has 1 aromatic carbocycles. The molecule has 2 heteroatoms. The molecule has 0 saturated heterocycles. The molecule has 3 rings (SSSR count). The summed E-state index contributed by atoms with van der Waals surface area (Å²) in [4.78, 5) is 0. The minimum atomic E-state index is -0.281. The standard InChI is InChI=1S/C14H13NO/c1-10-13(14(9-15)7-4-8-14)11-5-2-3-6-12(11)16-10/h2-3,5-6H,4,7-8H2,1H3. The molecule has 2 aromatic rings. The second kappa shape index (κ2) is 3.12. The van der Waals surface area contributed by atoms with E-state index in [4.69, 9.17) is 4.42 Å². The zero-order valence-electron chi connectivity index (χ0n) is 9.29. The lowest BCUT2D eigenvalue weighted by molar-refractivity contribution is 0.320. The van der Waals surface area contributed by atoms with Crippen LogP contribution in [0.1, 0.15) is 30.6 Å². The summed E-state index contributed by atoms with van der Waals surface area (Å²) < 4.78 is 5.73. The van der Waals surface area contributed by atoms with Crippen LogP contribution in [-0.2, 0) is 5.41 Å². The van der Waals surface area contributed by atoms with Gasteiger partial charge in [0.25, 0.3) is 0 Å². The molecule has 0 atom stereocenters. The molecule has 0 amide bonds. The van der Waals surface area contributed by atoms with Gasteiger partial charge < -0.3 is 4.42 Å². The molecule has 0 unspecified atom stereocenters. The number of fused-ring (bicyclic) bond motifs is 1. The van der Waals surface area contributed by atoms with Gasteiger partial charge in [-0.3, -0.25) is 0 Å². The summed E-state index contributed by atoms with van der Waals surface area (Å²) in [6, 6.07) is 10.5. The van der Waals surface area contributed by atoms with Gasteiger partial charge >= 0.3 is 0 Å². The number of furan rings is 1. The Kier molecular flexibility index (Phi) is 1.85. The molecule has 0 spiro atoms. The van der Waals surface area contributed by atoms with Crippen LogP contribution in [0.3, 0.4) is 0 Å². The fraction of sp³-hybridized carbons (Fsp3) is 0.357. The maximum Gasteiger partial charge on any atom is 0.134 e. The molecule has 1 heterocycles. The number of hydrogen-bond acceptors (Lipinski definition) is 2. The van der Waals surface area contributed by atoms with Gasteiger partial charge in [-0.25, -0.2) is 0 Å². The smallest absolute Gasteiger partial charge is 0.134 e. The fourth-order valence-electron chi connectivity index (χ4n) is 2.71. The molecule has 2 nitrogen and oxygen atoms in total. The second-order valence-corrected chi connectivity index (χ2v) is 4.58. The summed E-state index contributed by atoms with van der Waals surface area (Å²) in [5, 5.41) is 10.5. The number of hydrogen-bond donors (Lipinski definition) is 0. The summed E-state index contributed by atoms with van der Waals surface area (Å²) in [6.45, 7) is 1.97. The highest BCUT2D eigenvalue weighted by molar-refractivity contribution is 5.84. The van der Waals surface area contributed by atoms with Crippen molar-refractivity contribution in [3.63, 3.8) is 0 Å². The molecule has 16 heavy (non-hydrogen) atoms. The van der Waals surface area contributed by atoms with E-state index in [0.29, 0.717) is 0 Å². The number of benzene rings is 1. The van der Waals surface area contributed by atoms with Crippen molar-refractivity contribution in [2.75, 3.05) is 0 Å². The maximum absolute atomic E-state index is 9.40. The molecule has 1 aliphatic carbocycles. The van der Waals surface area contributed by atoms with E-state index in [-0.39, 0.29) is 5.41 Å². The second-order valence-electron chi connectivity index (χ2n) is 4.58. The van der Waals surface area contributed by atoms with Crippen molar-refractivity contribution >= 4 is 11.0 Å². The average molecular weight is 211 g/mol. The van der Waals surface area contributed by atoms with E-state index < -0.39 is 0 Å². The van der Waals surface area contributed by atoms with Gasteiger partial charge in [-0.05, 0) is 32.3 Å². The monoisotopic (exact) mass is 211 g/mol. The molecule has 1 aliphatic rings. The van der Waals surface area contributed by atoms with Crippen LogP contribution in [0.15, 0.2) is 28.7 Å². The number of para-hydroxylation sites is 1. The fourth-order valence-corrected chi connectivity index (χ4v) is 2.71. The highest BCUT2D eigenvalue weighted by Gasteiger charge is 2.42. The minimum absolute atomic E-state index is 0.281. The van der Waals surface area contributed by atoms with Crippen molar-refractivity contribution in [1.29, 1.82) is 5.26 Å². The SMILES string of the molecule is Cc1oc2ccccc2c1C1(C#N)CCC1. The largest absolute Gasteiger partial charge is 0.461 e. The summed E-state index contributed by atoms with van der Waals surface area (Å²) in [6.07, 6.45) is 3.08. The van der Waals surface area contributed by atoms with Crippen molar-refractivity contribution in [2.45, 2.75) is 31.6 Å². The Balaban J connectivity index is 2.31. The first-order chi connectivity index (χ1) is 7.77. The molecule has 0 aliphatic heterocycles. The van der Waals surface area contributed by atoms with E-state index in [9.17, 15) is 5.26 Å². The van der Waals surface area contributed by atoms with Gasteiger partial charge in [0, 0.05) is 10.9 Å². The van der Waals surface area contributed by atoms with Crippen molar-refractivity contribution in [3.8, 4) is 6.07 Å². The Morgan fingerprint density at radius 1 is 1.31 bits per heavy atom. The van der Waals surface area contributed by atoms with Gasteiger partial charge in [0.15, 0.2) is 0 Å². The van der Waals surface area contributed by atoms with Gasteiger partial charge in [-0.2, -0.15) is 5.26 Å². The van der Waals surface area contributed by atoms with Crippen molar-refractivity contribution in [3.05, 3.63) is 35.6 Å². The van der Waals surface area contributed by atoms with Gasteiger partial charge in [-0.15, -0.1) is 0 Å². The topological polar surface area (TPSA) is 36.9 Å². The number of rotatable bonds is 1. The first kappa shape index (κ1) is 9.47. The van der Waals surface area contributed by atoms with Gasteiger partial charge in [0.05, 0.1) is 11.5 Å². The summed E-state index contributed by atoms with van der Waals surface area (Å²) in [7, 11) is 0. The first-order valence-corrected chi connectivity index (χ1v) is 5.67. The first-order valence-electron chi connectivity index (χ1n) is 5.67. The molecule has 0 radical (unpaired) electrons. The Labute approximate surface area is 94.5 Å². The maximum atomic E-state index is 9.40. The molecular weight excluding hydrogens is 198 g/mol. The Bertz CT molecular complexity index is 584. The van der Waals surface area contributed by atoms with E-state index in [2.05, 4.69) is 12.1 Å². The van der Waals surface area contributed by atoms with Crippen LogP contribution >= 0.6 is 0 Å². The van der Waals surface area contributed by atoms with Crippen LogP contribution in [0.2, 0.25) is 0 Å². The zero-order chi connectivity index (χ0) is 11.2. The van der Waals surface area contributed by atoms with E-state index in [1.165, 1.54) is 0 Å². The summed E-state index contributed by atoms with van der Waals surface area (Å²) >= 11 is 0. The molecular formula is C14H13NO. The lowest BCUT2D eigenvalue weighted by Crippen LogP contribution is -2.32. The molecule has 1 saturated carbocycles. The van der Waals surface area contributed by atoms with Crippen molar-refractivity contribution in [1.82, 2.24) is 0 Å².